The summed E-state index contributed by atoms with van der Waals surface area (Å²) >= 11 is 0. The molecule has 0 saturated carbocycles. The Morgan fingerprint density at radius 1 is 1.62 bits per heavy atom. The summed E-state index contributed by atoms with van der Waals surface area (Å²) in [5.41, 5.74) is 1.53. The highest BCUT2D eigenvalue weighted by Gasteiger charge is 2.11. The molecule has 0 amide bonds. The second kappa shape index (κ2) is 2.55. The van der Waals surface area contributed by atoms with Gasteiger partial charge >= 0.3 is 5.76 Å². The first kappa shape index (κ1) is 7.72. The van der Waals surface area contributed by atoms with Gasteiger partial charge in [-0.25, -0.2) is 4.79 Å². The van der Waals surface area contributed by atoms with E-state index in [4.69, 9.17) is 4.42 Å². The molecule has 0 aliphatic rings. The standard InChI is InChI=1S/C8H6N2O3/c1-4(2)5-6-7(9-3-12-6)13-8(11)10-5/h3H,1H2,2H3. The van der Waals surface area contributed by atoms with Crippen molar-refractivity contribution in [3.63, 3.8) is 0 Å². The highest BCUT2D eigenvalue weighted by atomic mass is 16.4. The zero-order valence-electron chi connectivity index (χ0n) is 6.90. The number of allylic oxidation sites excluding steroid dienone is 1. The zero-order chi connectivity index (χ0) is 9.42. The van der Waals surface area contributed by atoms with Gasteiger partial charge in [-0.15, -0.1) is 0 Å². The van der Waals surface area contributed by atoms with Gasteiger partial charge in [-0.05, 0) is 12.5 Å². The van der Waals surface area contributed by atoms with Crippen LogP contribution in [0.25, 0.3) is 16.9 Å². The predicted molar refractivity (Wildman–Crippen MR) is 45.0 cm³/mol. The van der Waals surface area contributed by atoms with Crippen molar-refractivity contribution in [1.29, 1.82) is 0 Å². The average Bonchev–Trinajstić information content (AvgIpc) is 2.49. The molecule has 5 nitrogen and oxygen atoms in total. The number of hydrogen-bond donors (Lipinski definition) is 0. The highest BCUT2D eigenvalue weighted by molar-refractivity contribution is 5.79. The molecule has 5 heteroatoms. The van der Waals surface area contributed by atoms with E-state index < -0.39 is 5.76 Å². The maximum absolute atomic E-state index is 10.9. The van der Waals surface area contributed by atoms with E-state index in [-0.39, 0.29) is 5.71 Å². The van der Waals surface area contributed by atoms with Gasteiger partial charge in [0.2, 0.25) is 5.58 Å². The Hall–Kier alpha value is -1.91. The van der Waals surface area contributed by atoms with E-state index in [1.165, 1.54) is 6.39 Å². The van der Waals surface area contributed by atoms with E-state index in [1.807, 2.05) is 0 Å². The maximum atomic E-state index is 10.9. The maximum Gasteiger partial charge on any atom is 0.441 e. The van der Waals surface area contributed by atoms with Gasteiger partial charge in [-0.1, -0.05) is 6.58 Å². The van der Waals surface area contributed by atoms with Crippen LogP contribution in [0, 0.1) is 0 Å². The first-order valence-corrected chi connectivity index (χ1v) is 3.58. The van der Waals surface area contributed by atoms with E-state index >= 15 is 0 Å². The van der Waals surface area contributed by atoms with Crippen molar-refractivity contribution in [2.45, 2.75) is 6.92 Å². The average molecular weight is 178 g/mol. The molecule has 66 valence electrons. The molecule has 13 heavy (non-hydrogen) atoms. The van der Waals surface area contributed by atoms with Gasteiger partial charge in [0.15, 0.2) is 6.39 Å². The Labute approximate surface area is 72.7 Å². The molecule has 2 rings (SSSR count). The minimum atomic E-state index is -0.695. The summed E-state index contributed by atoms with van der Waals surface area (Å²) in [7, 11) is 0. The predicted octanol–water partition coefficient (Wildman–Crippen LogP) is 1.21. The lowest BCUT2D eigenvalue weighted by atomic mass is 10.2. The van der Waals surface area contributed by atoms with Crippen LogP contribution in [0.15, 0.2) is 26.6 Å². The normalized spacial score (nSPS) is 10.5. The minimum absolute atomic E-state index is 0.151. The van der Waals surface area contributed by atoms with Gasteiger partial charge in [0.05, 0.1) is 0 Å². The number of hydrogen-bond acceptors (Lipinski definition) is 5. The molecule has 0 aliphatic heterocycles. The van der Waals surface area contributed by atoms with Crippen LogP contribution in [-0.2, 0) is 0 Å². The first-order chi connectivity index (χ1) is 6.18. The fraction of sp³-hybridized carbons (Fsp3) is 0.125. The Morgan fingerprint density at radius 3 is 3.08 bits per heavy atom. The molecule has 0 saturated heterocycles. The van der Waals surface area contributed by atoms with E-state index in [2.05, 4.69) is 21.0 Å². The molecule has 0 radical (unpaired) electrons. The van der Waals surface area contributed by atoms with E-state index in [9.17, 15) is 4.79 Å². The lowest BCUT2D eigenvalue weighted by Crippen LogP contribution is -2.06. The Kier molecular flexibility index (Phi) is 1.51. The van der Waals surface area contributed by atoms with Crippen molar-refractivity contribution in [2.24, 2.45) is 0 Å². The number of fused-ring (bicyclic) bond motifs is 1. The molecule has 0 spiro atoms. The molecule has 0 N–H and O–H groups in total. The third-order valence-corrected chi connectivity index (χ3v) is 1.54. The number of rotatable bonds is 1. The van der Waals surface area contributed by atoms with Crippen LogP contribution in [0.2, 0.25) is 0 Å². The molecule has 0 atom stereocenters. The van der Waals surface area contributed by atoms with Crippen molar-refractivity contribution < 1.29 is 8.83 Å². The third-order valence-electron chi connectivity index (χ3n) is 1.54. The third kappa shape index (κ3) is 1.14. The van der Waals surface area contributed by atoms with Crippen molar-refractivity contribution in [1.82, 2.24) is 9.97 Å². The fourth-order valence-electron chi connectivity index (χ4n) is 1.00. The smallest absolute Gasteiger partial charge is 0.438 e. The number of oxazole rings is 1. The molecule has 2 aromatic rings. The Morgan fingerprint density at radius 2 is 2.38 bits per heavy atom. The topological polar surface area (TPSA) is 69.1 Å². The monoisotopic (exact) mass is 178 g/mol. The molecule has 0 aliphatic carbocycles. The van der Waals surface area contributed by atoms with Crippen LogP contribution >= 0.6 is 0 Å². The van der Waals surface area contributed by atoms with Crippen molar-refractivity contribution in [2.75, 3.05) is 0 Å². The van der Waals surface area contributed by atoms with Crippen LogP contribution in [0.1, 0.15) is 12.6 Å². The van der Waals surface area contributed by atoms with Crippen molar-refractivity contribution >= 4 is 16.9 Å². The fourth-order valence-corrected chi connectivity index (χ4v) is 1.00. The van der Waals surface area contributed by atoms with Crippen LogP contribution in [0.3, 0.4) is 0 Å². The number of nitrogens with zero attached hydrogens (tertiary/aromatic N) is 2. The lowest BCUT2D eigenvalue weighted by Gasteiger charge is -1.94. The lowest BCUT2D eigenvalue weighted by molar-refractivity contribution is 0.516. The number of aromatic nitrogens is 2. The van der Waals surface area contributed by atoms with Gasteiger partial charge < -0.3 is 8.83 Å². The molecule has 2 heterocycles. The van der Waals surface area contributed by atoms with Gasteiger partial charge in [-0.2, -0.15) is 9.97 Å². The van der Waals surface area contributed by atoms with Crippen molar-refractivity contribution in [3.8, 4) is 0 Å². The highest BCUT2D eigenvalue weighted by Crippen LogP contribution is 2.18. The second-order valence-electron chi connectivity index (χ2n) is 2.60. The molecular formula is C8H6N2O3. The summed E-state index contributed by atoms with van der Waals surface area (Å²) < 4.78 is 9.68. The van der Waals surface area contributed by atoms with Crippen LogP contribution in [-0.4, -0.2) is 9.97 Å². The van der Waals surface area contributed by atoms with Crippen molar-refractivity contribution in [3.05, 3.63) is 29.2 Å². The first-order valence-electron chi connectivity index (χ1n) is 3.58. The zero-order valence-corrected chi connectivity index (χ0v) is 6.90. The summed E-state index contributed by atoms with van der Waals surface area (Å²) in [5.74, 6) is -0.695. The summed E-state index contributed by atoms with van der Waals surface area (Å²) in [4.78, 5) is 18.2. The molecule has 0 unspecified atom stereocenters. The van der Waals surface area contributed by atoms with Gasteiger partial charge in [-0.3, -0.25) is 0 Å². The molecule has 0 fully saturated rings. The SMILES string of the molecule is C=C(C)c1nc(=O)oc2ncoc12. The van der Waals surface area contributed by atoms with Crippen LogP contribution in [0.5, 0.6) is 0 Å². The molecule has 0 bridgehead atoms. The van der Waals surface area contributed by atoms with Crippen LogP contribution in [0.4, 0.5) is 0 Å². The Bertz CT molecular complexity index is 523. The van der Waals surface area contributed by atoms with Crippen LogP contribution < -0.4 is 5.76 Å². The summed E-state index contributed by atoms with van der Waals surface area (Å²) in [6, 6.07) is 0. The molecule has 2 aromatic heterocycles. The summed E-state index contributed by atoms with van der Waals surface area (Å²) in [5, 5.41) is 0. The Balaban J connectivity index is 2.93. The largest absolute Gasteiger partial charge is 0.441 e. The molecular weight excluding hydrogens is 172 g/mol. The second-order valence-corrected chi connectivity index (χ2v) is 2.60. The molecule has 0 aromatic carbocycles. The quantitative estimate of drug-likeness (QED) is 0.656. The van der Waals surface area contributed by atoms with E-state index in [0.29, 0.717) is 16.9 Å². The van der Waals surface area contributed by atoms with E-state index in [0.717, 1.165) is 0 Å². The van der Waals surface area contributed by atoms with E-state index in [1.54, 1.807) is 6.92 Å². The summed E-state index contributed by atoms with van der Waals surface area (Å²) in [6.45, 7) is 5.39. The van der Waals surface area contributed by atoms with Gasteiger partial charge in [0, 0.05) is 0 Å². The minimum Gasteiger partial charge on any atom is -0.438 e. The summed E-state index contributed by atoms with van der Waals surface area (Å²) in [6.07, 6.45) is 1.20. The van der Waals surface area contributed by atoms with Gasteiger partial charge in [0.25, 0.3) is 5.71 Å². The van der Waals surface area contributed by atoms with Gasteiger partial charge in [0.1, 0.15) is 5.69 Å².